The molecule has 0 aromatic heterocycles. The summed E-state index contributed by atoms with van der Waals surface area (Å²) in [6, 6.07) is 0. The molecule has 0 aromatic rings. The predicted molar refractivity (Wildman–Crippen MR) is 120 cm³/mol. The van der Waals surface area contributed by atoms with Crippen LogP contribution in [0.5, 0.6) is 0 Å². The monoisotopic (exact) mass is 370 g/mol. The van der Waals surface area contributed by atoms with Crippen LogP contribution in [-0.2, 0) is 0 Å². The van der Waals surface area contributed by atoms with E-state index in [1.807, 2.05) is 19.4 Å². The lowest BCUT2D eigenvalue weighted by molar-refractivity contribution is 0.0287. The molecule has 8 atom stereocenters. The minimum Gasteiger partial charge on any atom is -0.0953 e. The molecule has 0 radical (unpaired) electrons. The molecule has 0 N–H and O–H groups in total. The maximum Gasteiger partial charge on any atom is -0.00164 e. The van der Waals surface area contributed by atoms with Gasteiger partial charge in [0.1, 0.15) is 0 Å². The van der Waals surface area contributed by atoms with Gasteiger partial charge in [0, 0.05) is 0 Å². The van der Waals surface area contributed by atoms with E-state index in [0.29, 0.717) is 10.8 Å². The molecule has 4 rings (SSSR count). The first-order valence-electron chi connectivity index (χ1n) is 12.2. The largest absolute Gasteiger partial charge is 0.0953 e. The van der Waals surface area contributed by atoms with Crippen LogP contribution < -0.4 is 0 Å². The van der Waals surface area contributed by atoms with Crippen molar-refractivity contribution in [1.82, 2.24) is 0 Å². The summed E-state index contributed by atoms with van der Waals surface area (Å²) < 4.78 is 0. The fraction of sp³-hybridized carbons (Fsp3) is 0.852. The van der Waals surface area contributed by atoms with Gasteiger partial charge in [-0.25, -0.2) is 0 Å². The molecular weight excluding hydrogens is 324 g/mol. The average Bonchev–Trinajstić information content (AvgIpc) is 3.03. The lowest BCUT2D eigenvalue weighted by atomic mass is 9.47. The van der Waals surface area contributed by atoms with Crippen molar-refractivity contribution in [2.45, 2.75) is 99.8 Å². The zero-order valence-corrected chi connectivity index (χ0v) is 19.4. The lowest BCUT2D eigenvalue weighted by Gasteiger charge is -2.57. The third-order valence-electron chi connectivity index (χ3n) is 9.80. The number of fused-ring (bicyclic) bond motifs is 5. The van der Waals surface area contributed by atoms with Gasteiger partial charge in [-0.05, 0) is 96.9 Å². The van der Waals surface area contributed by atoms with Gasteiger partial charge >= 0.3 is 0 Å². The van der Waals surface area contributed by atoms with Gasteiger partial charge in [0.15, 0.2) is 0 Å². The van der Waals surface area contributed by atoms with Crippen molar-refractivity contribution in [1.29, 1.82) is 0 Å². The van der Waals surface area contributed by atoms with Crippen molar-refractivity contribution in [3.05, 3.63) is 23.8 Å². The van der Waals surface area contributed by atoms with E-state index in [-0.39, 0.29) is 0 Å². The number of hydrogen-bond acceptors (Lipinski definition) is 0. The Hall–Kier alpha value is -0.520. The third kappa shape index (κ3) is 3.08. The SMILES string of the molecule is C=C1C=C2C(CCC3C[C@H](C)CCC23C)C2CCC([C@H](C)CC)C12C.CC. The van der Waals surface area contributed by atoms with Gasteiger partial charge in [-0.3, -0.25) is 0 Å². The number of allylic oxidation sites excluding steroid dienone is 3. The molecule has 0 bridgehead atoms. The topological polar surface area (TPSA) is 0 Å². The molecule has 0 spiro atoms. The molecule has 0 heteroatoms. The Morgan fingerprint density at radius 3 is 2.48 bits per heavy atom. The smallest absolute Gasteiger partial charge is 0.00164 e. The molecule has 0 aliphatic heterocycles. The highest BCUT2D eigenvalue weighted by Crippen LogP contribution is 2.67. The molecule has 27 heavy (non-hydrogen) atoms. The molecule has 0 saturated heterocycles. The third-order valence-corrected chi connectivity index (χ3v) is 9.80. The average molecular weight is 371 g/mol. The van der Waals surface area contributed by atoms with Crippen LogP contribution >= 0.6 is 0 Å². The number of hydrogen-bond donors (Lipinski definition) is 0. The summed E-state index contributed by atoms with van der Waals surface area (Å²) in [5, 5.41) is 0. The fourth-order valence-electron chi connectivity index (χ4n) is 7.91. The Morgan fingerprint density at radius 1 is 1.11 bits per heavy atom. The second kappa shape index (κ2) is 7.72. The lowest BCUT2D eigenvalue weighted by Crippen LogP contribution is -2.48. The van der Waals surface area contributed by atoms with Crippen molar-refractivity contribution < 1.29 is 0 Å². The Balaban J connectivity index is 0.00000102. The van der Waals surface area contributed by atoms with E-state index < -0.39 is 0 Å². The predicted octanol–water partition coefficient (Wildman–Crippen LogP) is 8.44. The van der Waals surface area contributed by atoms with Crippen LogP contribution in [0, 0.1) is 46.3 Å². The second-order valence-corrected chi connectivity index (χ2v) is 10.8. The summed E-state index contributed by atoms with van der Waals surface area (Å²) >= 11 is 0. The van der Waals surface area contributed by atoms with Gasteiger partial charge in [0.25, 0.3) is 0 Å². The number of rotatable bonds is 2. The summed E-state index contributed by atoms with van der Waals surface area (Å²) in [6.07, 6.45) is 14.1. The van der Waals surface area contributed by atoms with Crippen molar-refractivity contribution in [2.24, 2.45) is 46.3 Å². The second-order valence-electron chi connectivity index (χ2n) is 10.8. The minimum atomic E-state index is 0.370. The zero-order chi connectivity index (χ0) is 20.0. The van der Waals surface area contributed by atoms with Crippen LogP contribution in [0.25, 0.3) is 0 Å². The Morgan fingerprint density at radius 2 is 1.81 bits per heavy atom. The molecular formula is C27H46. The standard InChI is InChI=1S/C25H40.C2H6/c1-7-17(3)21-10-11-22-20-9-8-19-14-16(2)12-13-24(19,5)23(20)15-18(4)25(21,22)6;1-2/h15-17,19-22H,4,7-14H2,1-3,5-6H3;1-2H3/t16-,17-,19?,20?,21?,22?,24?,25?;/m1./s1. The summed E-state index contributed by atoms with van der Waals surface area (Å²) in [5.74, 6) is 5.29. The molecule has 4 aliphatic carbocycles. The van der Waals surface area contributed by atoms with E-state index >= 15 is 0 Å². The molecule has 3 fully saturated rings. The van der Waals surface area contributed by atoms with Gasteiger partial charge in [-0.2, -0.15) is 0 Å². The van der Waals surface area contributed by atoms with Crippen molar-refractivity contribution >= 4 is 0 Å². The first-order valence-corrected chi connectivity index (χ1v) is 12.2. The molecule has 4 aliphatic rings. The van der Waals surface area contributed by atoms with Crippen molar-refractivity contribution in [3.8, 4) is 0 Å². The highest BCUT2D eigenvalue weighted by Gasteiger charge is 2.58. The first-order chi connectivity index (χ1) is 12.8. The van der Waals surface area contributed by atoms with Crippen LogP contribution in [-0.4, -0.2) is 0 Å². The first kappa shape index (κ1) is 21.2. The van der Waals surface area contributed by atoms with Gasteiger partial charge in [0.2, 0.25) is 0 Å². The van der Waals surface area contributed by atoms with E-state index in [1.54, 1.807) is 0 Å². The van der Waals surface area contributed by atoms with Gasteiger partial charge < -0.3 is 0 Å². The minimum absolute atomic E-state index is 0.370. The molecule has 0 amide bonds. The normalized spacial score (nSPS) is 47.0. The maximum atomic E-state index is 4.69. The van der Waals surface area contributed by atoms with Gasteiger partial charge in [-0.15, -0.1) is 0 Å². The Labute approximate surface area is 170 Å². The van der Waals surface area contributed by atoms with Gasteiger partial charge in [0.05, 0.1) is 0 Å². The quantitative estimate of drug-likeness (QED) is 0.457. The van der Waals surface area contributed by atoms with Crippen LogP contribution in [0.4, 0.5) is 0 Å². The van der Waals surface area contributed by atoms with Gasteiger partial charge in [-0.1, -0.05) is 73.1 Å². The fourth-order valence-corrected chi connectivity index (χ4v) is 7.91. The van der Waals surface area contributed by atoms with Crippen LogP contribution in [0.15, 0.2) is 23.8 Å². The zero-order valence-electron chi connectivity index (χ0n) is 19.4. The summed E-state index contributed by atoms with van der Waals surface area (Å²) in [5.41, 5.74) is 4.18. The van der Waals surface area contributed by atoms with Crippen molar-refractivity contribution in [3.63, 3.8) is 0 Å². The van der Waals surface area contributed by atoms with Crippen molar-refractivity contribution in [2.75, 3.05) is 0 Å². The Bertz CT molecular complexity index is 583. The Kier molecular flexibility index (Phi) is 6.06. The molecule has 154 valence electrons. The molecule has 0 nitrogen and oxygen atoms in total. The van der Waals surface area contributed by atoms with Crippen LogP contribution in [0.2, 0.25) is 0 Å². The molecule has 6 unspecified atom stereocenters. The molecule has 3 saturated carbocycles. The molecule has 0 aromatic carbocycles. The highest BCUT2D eigenvalue weighted by molar-refractivity contribution is 5.41. The van der Waals surface area contributed by atoms with E-state index in [2.05, 4.69) is 40.7 Å². The van der Waals surface area contributed by atoms with E-state index in [9.17, 15) is 0 Å². The van der Waals surface area contributed by atoms with E-state index in [4.69, 9.17) is 6.58 Å². The summed E-state index contributed by atoms with van der Waals surface area (Å²) in [4.78, 5) is 0. The van der Waals surface area contributed by atoms with Crippen LogP contribution in [0.3, 0.4) is 0 Å². The summed E-state index contributed by atoms with van der Waals surface area (Å²) in [7, 11) is 0. The maximum absolute atomic E-state index is 4.69. The van der Waals surface area contributed by atoms with E-state index in [1.165, 1.54) is 56.9 Å². The van der Waals surface area contributed by atoms with Crippen LogP contribution in [0.1, 0.15) is 99.8 Å². The highest BCUT2D eigenvalue weighted by atomic mass is 14.6. The molecule has 0 heterocycles. The van der Waals surface area contributed by atoms with E-state index in [0.717, 1.165) is 35.5 Å². The summed E-state index contributed by atoms with van der Waals surface area (Å²) in [6.45, 7) is 21.3.